The van der Waals surface area contributed by atoms with Crippen LogP contribution in [0.4, 0.5) is 18.9 Å². The SMILES string of the molecule is O=C(C[NH+]1CCN(C(=O)C[C@@H]2C[C@@H]3CC[C@@H]2C3)CC1)Nc1ccccc1C(F)(F)F. The number of amides is 2. The fraction of sp³-hybridized carbons (Fsp3) is 0.636. The first-order chi connectivity index (χ1) is 14.3. The van der Waals surface area contributed by atoms with Gasteiger partial charge in [-0.15, -0.1) is 0 Å². The Morgan fingerprint density at radius 2 is 1.83 bits per heavy atom. The summed E-state index contributed by atoms with van der Waals surface area (Å²) in [6.45, 7) is 2.57. The van der Waals surface area contributed by atoms with Crippen LogP contribution in [0.1, 0.15) is 37.7 Å². The van der Waals surface area contributed by atoms with E-state index in [0.717, 1.165) is 22.8 Å². The summed E-state index contributed by atoms with van der Waals surface area (Å²) in [4.78, 5) is 27.8. The van der Waals surface area contributed by atoms with E-state index in [2.05, 4.69) is 5.32 Å². The van der Waals surface area contributed by atoms with Crippen molar-refractivity contribution in [1.82, 2.24) is 4.90 Å². The van der Waals surface area contributed by atoms with E-state index in [1.807, 2.05) is 4.90 Å². The van der Waals surface area contributed by atoms with Crippen LogP contribution in [0, 0.1) is 17.8 Å². The largest absolute Gasteiger partial charge is 0.418 e. The highest BCUT2D eigenvalue weighted by molar-refractivity contribution is 5.92. The molecule has 1 aromatic carbocycles. The zero-order valence-electron chi connectivity index (χ0n) is 17.0. The van der Waals surface area contributed by atoms with Crippen LogP contribution in [0.2, 0.25) is 0 Å². The van der Waals surface area contributed by atoms with Crippen LogP contribution in [-0.2, 0) is 15.8 Å². The number of carbonyl (C=O) groups excluding carboxylic acids is 2. The van der Waals surface area contributed by atoms with Gasteiger partial charge in [-0.05, 0) is 49.1 Å². The molecule has 2 aliphatic carbocycles. The van der Waals surface area contributed by atoms with E-state index in [9.17, 15) is 22.8 Å². The van der Waals surface area contributed by atoms with Crippen LogP contribution in [0.3, 0.4) is 0 Å². The molecule has 1 heterocycles. The summed E-state index contributed by atoms with van der Waals surface area (Å²) in [5.41, 5.74) is -1.06. The average molecular weight is 424 g/mol. The summed E-state index contributed by atoms with van der Waals surface area (Å²) < 4.78 is 39.2. The van der Waals surface area contributed by atoms with Crippen molar-refractivity contribution in [2.45, 2.75) is 38.3 Å². The van der Waals surface area contributed by atoms with Crippen molar-refractivity contribution in [2.75, 3.05) is 38.0 Å². The lowest BCUT2D eigenvalue weighted by Crippen LogP contribution is -3.15. The number of nitrogens with zero attached hydrogens (tertiary/aromatic N) is 1. The summed E-state index contributed by atoms with van der Waals surface area (Å²) in [6, 6.07) is 5.00. The molecule has 3 atom stereocenters. The number of quaternary nitrogens is 1. The molecule has 2 N–H and O–H groups in total. The lowest BCUT2D eigenvalue weighted by molar-refractivity contribution is -0.895. The Hall–Kier alpha value is -2.09. The molecule has 0 unspecified atom stereocenters. The zero-order chi connectivity index (χ0) is 21.3. The predicted octanol–water partition coefficient (Wildman–Crippen LogP) is 2.20. The number of anilines is 1. The van der Waals surface area contributed by atoms with Gasteiger partial charge in [0, 0.05) is 6.42 Å². The van der Waals surface area contributed by atoms with Gasteiger partial charge in [-0.1, -0.05) is 18.6 Å². The molecule has 0 spiro atoms. The first-order valence-corrected chi connectivity index (χ1v) is 10.9. The predicted molar refractivity (Wildman–Crippen MR) is 106 cm³/mol. The lowest BCUT2D eigenvalue weighted by Gasteiger charge is -2.33. The second kappa shape index (κ2) is 8.57. The van der Waals surface area contributed by atoms with Crippen LogP contribution in [-0.4, -0.2) is 49.4 Å². The second-order valence-corrected chi connectivity index (χ2v) is 9.04. The first kappa shape index (κ1) is 21.2. The highest BCUT2D eigenvalue weighted by Gasteiger charge is 2.41. The van der Waals surface area contributed by atoms with Gasteiger partial charge >= 0.3 is 6.18 Å². The Kier molecular flexibility index (Phi) is 6.04. The van der Waals surface area contributed by atoms with Crippen molar-refractivity contribution >= 4 is 17.5 Å². The van der Waals surface area contributed by atoms with Crippen molar-refractivity contribution in [2.24, 2.45) is 17.8 Å². The van der Waals surface area contributed by atoms with Crippen LogP contribution < -0.4 is 10.2 Å². The smallest absolute Gasteiger partial charge is 0.331 e. The Labute approximate surface area is 174 Å². The summed E-state index contributed by atoms with van der Waals surface area (Å²) in [5.74, 6) is 1.88. The quantitative estimate of drug-likeness (QED) is 0.762. The van der Waals surface area contributed by atoms with E-state index in [0.29, 0.717) is 38.5 Å². The first-order valence-electron chi connectivity index (χ1n) is 10.9. The number of alkyl halides is 3. The lowest BCUT2D eigenvalue weighted by atomic mass is 9.86. The highest BCUT2D eigenvalue weighted by atomic mass is 19.4. The van der Waals surface area contributed by atoms with Gasteiger partial charge in [-0.25, -0.2) is 0 Å². The number of carbonyl (C=O) groups is 2. The van der Waals surface area contributed by atoms with Crippen LogP contribution in [0.25, 0.3) is 0 Å². The molecule has 4 rings (SSSR count). The van der Waals surface area contributed by atoms with Crippen LogP contribution >= 0.6 is 0 Å². The molecule has 30 heavy (non-hydrogen) atoms. The van der Waals surface area contributed by atoms with E-state index >= 15 is 0 Å². The molecule has 8 heteroatoms. The van der Waals surface area contributed by atoms with E-state index in [1.165, 1.54) is 43.9 Å². The van der Waals surface area contributed by atoms with Crippen LogP contribution in [0.5, 0.6) is 0 Å². The molecule has 2 amide bonds. The molecule has 1 aromatic rings. The van der Waals surface area contributed by atoms with Gasteiger partial charge in [0.05, 0.1) is 37.4 Å². The third-order valence-electron chi connectivity index (χ3n) is 7.06. The number of halogens is 3. The Bertz CT molecular complexity index is 790. The number of nitrogens with one attached hydrogen (secondary N) is 2. The van der Waals surface area contributed by atoms with Gasteiger partial charge in [-0.2, -0.15) is 13.2 Å². The molecule has 0 radical (unpaired) electrons. The van der Waals surface area contributed by atoms with E-state index in [4.69, 9.17) is 0 Å². The number of piperazine rings is 1. The summed E-state index contributed by atoms with van der Waals surface area (Å²) in [5, 5.41) is 2.40. The van der Waals surface area contributed by atoms with Crippen molar-refractivity contribution in [1.29, 1.82) is 0 Å². The Morgan fingerprint density at radius 3 is 2.47 bits per heavy atom. The molecule has 1 saturated heterocycles. The molecule has 3 aliphatic rings. The standard InChI is InChI=1S/C22H28F3N3O2/c23-22(24,25)18-3-1-2-4-19(18)26-20(29)14-27-7-9-28(10-8-27)21(30)13-17-12-15-5-6-16(17)11-15/h1-4,15-17H,5-14H2,(H,26,29)/p+1/t15-,16-,17+/m1/s1. The fourth-order valence-electron chi connectivity index (χ4n) is 5.49. The summed E-state index contributed by atoms with van der Waals surface area (Å²) in [6.07, 6.45) is 1.22. The van der Waals surface area contributed by atoms with Gasteiger partial charge in [-0.3, -0.25) is 9.59 Å². The van der Waals surface area contributed by atoms with E-state index < -0.39 is 17.6 Å². The molecule has 2 saturated carbocycles. The van der Waals surface area contributed by atoms with E-state index in [-0.39, 0.29) is 18.1 Å². The molecule has 0 aromatic heterocycles. The highest BCUT2D eigenvalue weighted by Crippen LogP contribution is 2.49. The minimum Gasteiger partial charge on any atom is -0.331 e. The number of para-hydroxylation sites is 1. The van der Waals surface area contributed by atoms with Gasteiger partial charge in [0.1, 0.15) is 0 Å². The van der Waals surface area contributed by atoms with Crippen molar-refractivity contribution in [3.8, 4) is 0 Å². The number of rotatable bonds is 5. The third-order valence-corrected chi connectivity index (χ3v) is 7.06. The molecular weight excluding hydrogens is 395 g/mol. The normalized spacial score (nSPS) is 26.8. The van der Waals surface area contributed by atoms with Crippen LogP contribution in [0.15, 0.2) is 24.3 Å². The average Bonchev–Trinajstić information content (AvgIpc) is 3.31. The molecule has 2 bridgehead atoms. The maximum Gasteiger partial charge on any atom is 0.418 e. The Morgan fingerprint density at radius 1 is 1.10 bits per heavy atom. The number of benzene rings is 1. The molecule has 164 valence electrons. The van der Waals surface area contributed by atoms with Crippen molar-refractivity contribution in [3.63, 3.8) is 0 Å². The monoisotopic (exact) mass is 424 g/mol. The Balaban J connectivity index is 1.23. The minimum absolute atomic E-state index is 0.0978. The molecule has 1 aliphatic heterocycles. The number of hydrogen-bond donors (Lipinski definition) is 2. The minimum atomic E-state index is -4.51. The summed E-state index contributed by atoms with van der Waals surface area (Å²) in [7, 11) is 0. The fourth-order valence-corrected chi connectivity index (χ4v) is 5.49. The maximum atomic E-state index is 13.1. The third kappa shape index (κ3) is 4.79. The van der Waals surface area contributed by atoms with Gasteiger partial charge < -0.3 is 15.1 Å². The van der Waals surface area contributed by atoms with Gasteiger partial charge in [0.2, 0.25) is 5.91 Å². The van der Waals surface area contributed by atoms with E-state index in [1.54, 1.807) is 0 Å². The second-order valence-electron chi connectivity index (χ2n) is 9.04. The topological polar surface area (TPSA) is 53.9 Å². The van der Waals surface area contributed by atoms with Crippen molar-refractivity contribution < 1.29 is 27.7 Å². The zero-order valence-corrected chi connectivity index (χ0v) is 17.0. The maximum absolute atomic E-state index is 13.1. The number of hydrogen-bond acceptors (Lipinski definition) is 2. The van der Waals surface area contributed by atoms with Gasteiger partial charge in [0.15, 0.2) is 6.54 Å². The molecular formula is C22H29F3N3O2+. The van der Waals surface area contributed by atoms with Crippen molar-refractivity contribution in [3.05, 3.63) is 29.8 Å². The molecule has 3 fully saturated rings. The van der Waals surface area contributed by atoms with Gasteiger partial charge in [0.25, 0.3) is 5.91 Å². The summed E-state index contributed by atoms with van der Waals surface area (Å²) >= 11 is 0. The number of fused-ring (bicyclic) bond motifs is 2. The molecule has 5 nitrogen and oxygen atoms in total.